The first-order valence-corrected chi connectivity index (χ1v) is 7.57. The molecule has 1 unspecified atom stereocenters. The third-order valence-corrected chi connectivity index (χ3v) is 4.49. The van der Waals surface area contributed by atoms with Crippen LogP contribution in [0.25, 0.3) is 0 Å². The molecule has 1 atom stereocenters. The van der Waals surface area contributed by atoms with E-state index in [1.165, 1.54) is 32.2 Å². The lowest BCUT2D eigenvalue weighted by Crippen LogP contribution is -2.52. The summed E-state index contributed by atoms with van der Waals surface area (Å²) < 4.78 is 5.71. The number of nitrogens with one attached hydrogen (secondary N) is 1. The molecule has 0 aromatic carbocycles. The number of hydrogen-bond acceptors (Lipinski definition) is 3. The SMILES string of the molecule is CN(CCOCC1CC1)CC1NCCCC1(C)C. The van der Waals surface area contributed by atoms with Crippen LogP contribution >= 0.6 is 0 Å². The van der Waals surface area contributed by atoms with Crippen molar-refractivity contribution in [1.82, 2.24) is 10.2 Å². The Morgan fingerprint density at radius 2 is 2.11 bits per heavy atom. The van der Waals surface area contributed by atoms with Crippen LogP contribution in [0.4, 0.5) is 0 Å². The molecule has 18 heavy (non-hydrogen) atoms. The Morgan fingerprint density at radius 1 is 1.33 bits per heavy atom. The maximum Gasteiger partial charge on any atom is 0.0593 e. The lowest BCUT2D eigenvalue weighted by atomic mass is 9.77. The third-order valence-electron chi connectivity index (χ3n) is 4.49. The highest BCUT2D eigenvalue weighted by atomic mass is 16.5. The van der Waals surface area contributed by atoms with E-state index in [1.54, 1.807) is 0 Å². The molecular weight excluding hydrogens is 224 g/mol. The lowest BCUT2D eigenvalue weighted by Gasteiger charge is -2.41. The summed E-state index contributed by atoms with van der Waals surface area (Å²) in [4.78, 5) is 2.41. The predicted octanol–water partition coefficient (Wildman–Crippen LogP) is 2.12. The summed E-state index contributed by atoms with van der Waals surface area (Å²) in [6, 6.07) is 0.625. The molecule has 1 saturated carbocycles. The van der Waals surface area contributed by atoms with Crippen LogP contribution < -0.4 is 5.32 Å². The fraction of sp³-hybridized carbons (Fsp3) is 1.00. The van der Waals surface area contributed by atoms with Crippen LogP contribution in [0.5, 0.6) is 0 Å². The Hall–Kier alpha value is -0.120. The van der Waals surface area contributed by atoms with Crippen LogP contribution in [-0.2, 0) is 4.74 Å². The topological polar surface area (TPSA) is 24.5 Å². The largest absolute Gasteiger partial charge is 0.380 e. The minimum atomic E-state index is 0.432. The molecule has 2 aliphatic rings. The highest BCUT2D eigenvalue weighted by Crippen LogP contribution is 2.30. The summed E-state index contributed by atoms with van der Waals surface area (Å²) in [5.41, 5.74) is 0.432. The van der Waals surface area contributed by atoms with Crippen molar-refractivity contribution in [3.05, 3.63) is 0 Å². The van der Waals surface area contributed by atoms with E-state index < -0.39 is 0 Å². The van der Waals surface area contributed by atoms with Gasteiger partial charge in [0.2, 0.25) is 0 Å². The highest BCUT2D eigenvalue weighted by molar-refractivity contribution is 4.89. The summed E-state index contributed by atoms with van der Waals surface area (Å²) in [5.74, 6) is 0.884. The second-order valence-electron chi connectivity index (χ2n) is 6.88. The monoisotopic (exact) mass is 254 g/mol. The van der Waals surface area contributed by atoms with Crippen molar-refractivity contribution in [2.24, 2.45) is 11.3 Å². The van der Waals surface area contributed by atoms with Crippen LogP contribution in [0, 0.1) is 11.3 Å². The average molecular weight is 254 g/mol. The quantitative estimate of drug-likeness (QED) is 0.704. The Morgan fingerprint density at radius 3 is 2.78 bits per heavy atom. The summed E-state index contributed by atoms with van der Waals surface area (Å²) in [5, 5.41) is 3.68. The van der Waals surface area contributed by atoms with Gasteiger partial charge in [0, 0.05) is 25.7 Å². The molecule has 0 aromatic heterocycles. The van der Waals surface area contributed by atoms with E-state index in [0.29, 0.717) is 11.5 Å². The van der Waals surface area contributed by atoms with Crippen LogP contribution in [0.15, 0.2) is 0 Å². The maximum atomic E-state index is 5.71. The normalized spacial score (nSPS) is 27.7. The fourth-order valence-electron chi connectivity index (χ4n) is 2.74. The van der Waals surface area contributed by atoms with Gasteiger partial charge in [-0.25, -0.2) is 0 Å². The van der Waals surface area contributed by atoms with Gasteiger partial charge in [0.05, 0.1) is 6.61 Å². The fourth-order valence-corrected chi connectivity index (χ4v) is 2.74. The van der Waals surface area contributed by atoms with Crippen molar-refractivity contribution in [1.29, 1.82) is 0 Å². The van der Waals surface area contributed by atoms with Gasteiger partial charge in [0.15, 0.2) is 0 Å². The van der Waals surface area contributed by atoms with E-state index in [0.717, 1.165) is 32.2 Å². The molecule has 2 fully saturated rings. The van der Waals surface area contributed by atoms with Crippen molar-refractivity contribution in [2.45, 2.75) is 45.6 Å². The highest BCUT2D eigenvalue weighted by Gasteiger charge is 2.32. The van der Waals surface area contributed by atoms with Gasteiger partial charge >= 0.3 is 0 Å². The van der Waals surface area contributed by atoms with E-state index in [9.17, 15) is 0 Å². The molecular formula is C15H30N2O. The lowest BCUT2D eigenvalue weighted by molar-refractivity contribution is 0.0860. The second kappa shape index (κ2) is 6.36. The standard InChI is InChI=1S/C15H30N2O/c1-15(2)7-4-8-16-14(15)11-17(3)9-10-18-12-13-5-6-13/h13-14,16H,4-12H2,1-3H3. The van der Waals surface area contributed by atoms with Crippen LogP contribution in [0.2, 0.25) is 0 Å². The van der Waals surface area contributed by atoms with Crippen molar-refractivity contribution in [3.63, 3.8) is 0 Å². The molecule has 0 bridgehead atoms. The van der Waals surface area contributed by atoms with Crippen molar-refractivity contribution in [3.8, 4) is 0 Å². The summed E-state index contributed by atoms with van der Waals surface area (Å²) >= 11 is 0. The van der Waals surface area contributed by atoms with Crippen molar-refractivity contribution < 1.29 is 4.74 Å². The zero-order valence-corrected chi connectivity index (χ0v) is 12.4. The van der Waals surface area contributed by atoms with Gasteiger partial charge in [-0.15, -0.1) is 0 Å². The smallest absolute Gasteiger partial charge is 0.0593 e. The van der Waals surface area contributed by atoms with E-state index >= 15 is 0 Å². The van der Waals surface area contributed by atoms with E-state index in [4.69, 9.17) is 4.74 Å². The number of hydrogen-bond donors (Lipinski definition) is 1. The number of nitrogens with zero attached hydrogens (tertiary/aromatic N) is 1. The zero-order valence-electron chi connectivity index (χ0n) is 12.4. The minimum Gasteiger partial charge on any atom is -0.380 e. The predicted molar refractivity (Wildman–Crippen MR) is 75.8 cm³/mol. The van der Waals surface area contributed by atoms with Crippen LogP contribution in [0.1, 0.15) is 39.5 Å². The minimum absolute atomic E-state index is 0.432. The van der Waals surface area contributed by atoms with Gasteiger partial charge in [-0.05, 0) is 50.6 Å². The van der Waals surface area contributed by atoms with E-state index in [1.807, 2.05) is 0 Å². The van der Waals surface area contributed by atoms with E-state index in [2.05, 4.69) is 31.1 Å². The summed E-state index contributed by atoms with van der Waals surface area (Å²) in [7, 11) is 2.22. The molecule has 2 rings (SSSR count). The number of piperidine rings is 1. The molecule has 1 N–H and O–H groups in total. The molecule has 1 saturated heterocycles. The Balaban J connectivity index is 1.60. The van der Waals surface area contributed by atoms with Gasteiger partial charge in [-0.2, -0.15) is 0 Å². The average Bonchev–Trinajstić information content (AvgIpc) is 3.11. The first kappa shape index (κ1) is 14.3. The van der Waals surface area contributed by atoms with Crippen molar-refractivity contribution >= 4 is 0 Å². The van der Waals surface area contributed by atoms with Gasteiger partial charge in [-0.3, -0.25) is 0 Å². The summed E-state index contributed by atoms with van der Waals surface area (Å²) in [6.07, 6.45) is 5.43. The first-order valence-electron chi connectivity index (χ1n) is 7.57. The summed E-state index contributed by atoms with van der Waals surface area (Å²) in [6.45, 7) is 10.0. The van der Waals surface area contributed by atoms with Crippen LogP contribution in [0.3, 0.4) is 0 Å². The number of ether oxygens (including phenoxy) is 1. The van der Waals surface area contributed by atoms with Crippen LogP contribution in [-0.4, -0.2) is 50.8 Å². The molecule has 106 valence electrons. The molecule has 0 spiro atoms. The third kappa shape index (κ3) is 4.52. The maximum absolute atomic E-state index is 5.71. The number of likely N-dealkylation sites (N-methyl/N-ethyl adjacent to an activating group) is 1. The molecule has 3 heteroatoms. The first-order chi connectivity index (χ1) is 8.58. The number of rotatable bonds is 7. The molecule has 0 aromatic rings. The molecule has 1 aliphatic carbocycles. The Kier molecular flexibility index (Phi) is 5.05. The van der Waals surface area contributed by atoms with Gasteiger partial charge < -0.3 is 15.0 Å². The molecule has 0 radical (unpaired) electrons. The van der Waals surface area contributed by atoms with Gasteiger partial charge in [0.1, 0.15) is 0 Å². The van der Waals surface area contributed by atoms with Gasteiger partial charge in [0.25, 0.3) is 0 Å². The molecule has 1 aliphatic heterocycles. The van der Waals surface area contributed by atoms with Crippen molar-refractivity contribution in [2.75, 3.05) is 39.9 Å². The molecule has 0 amide bonds. The molecule has 3 nitrogen and oxygen atoms in total. The zero-order chi connectivity index (χ0) is 13.0. The Bertz CT molecular complexity index is 251. The Labute approximate surface area is 112 Å². The van der Waals surface area contributed by atoms with Gasteiger partial charge in [-0.1, -0.05) is 13.8 Å². The van der Waals surface area contributed by atoms with E-state index in [-0.39, 0.29) is 0 Å². The molecule has 1 heterocycles. The second-order valence-corrected chi connectivity index (χ2v) is 6.88.